The lowest BCUT2D eigenvalue weighted by Gasteiger charge is -2.11. The van der Waals surface area contributed by atoms with Gasteiger partial charge in [-0.2, -0.15) is 0 Å². The summed E-state index contributed by atoms with van der Waals surface area (Å²) in [6.45, 7) is 9.44. The highest BCUT2D eigenvalue weighted by molar-refractivity contribution is 5.01. The van der Waals surface area contributed by atoms with Crippen LogP contribution in [0.3, 0.4) is 0 Å². The zero-order chi connectivity index (χ0) is 11.3. The quantitative estimate of drug-likeness (QED) is 0.739. The maximum absolute atomic E-state index is 11.4. The standard InChI is InChI=1S/C12H18N2O/c1-10(2)13-8-11(3)9-14-7-5-4-6-12(14)15/h4-7,10,13H,3,8-9H2,1-2H3. The van der Waals surface area contributed by atoms with E-state index in [2.05, 4.69) is 25.7 Å². The van der Waals surface area contributed by atoms with Gasteiger partial charge in [-0.25, -0.2) is 0 Å². The second kappa shape index (κ2) is 5.51. The molecular formula is C12H18N2O. The highest BCUT2D eigenvalue weighted by atomic mass is 16.1. The Bertz CT molecular complexity index is 379. The average molecular weight is 206 g/mol. The van der Waals surface area contributed by atoms with Crippen LogP contribution in [0.15, 0.2) is 41.3 Å². The summed E-state index contributed by atoms with van der Waals surface area (Å²) in [5.74, 6) is 0. The number of aromatic nitrogens is 1. The number of nitrogens with one attached hydrogen (secondary N) is 1. The minimum atomic E-state index is 0.0168. The Kier molecular flexibility index (Phi) is 4.31. The third kappa shape index (κ3) is 4.13. The van der Waals surface area contributed by atoms with E-state index in [9.17, 15) is 4.79 Å². The van der Waals surface area contributed by atoms with Gasteiger partial charge in [0.15, 0.2) is 0 Å². The van der Waals surface area contributed by atoms with Gasteiger partial charge < -0.3 is 9.88 Å². The van der Waals surface area contributed by atoms with Crippen LogP contribution in [0, 0.1) is 0 Å². The molecule has 1 heterocycles. The number of nitrogens with zero attached hydrogens (tertiary/aromatic N) is 1. The molecule has 0 aliphatic carbocycles. The summed E-state index contributed by atoms with van der Waals surface area (Å²) in [6.07, 6.45) is 1.78. The van der Waals surface area contributed by atoms with Crippen LogP contribution in [0.25, 0.3) is 0 Å². The van der Waals surface area contributed by atoms with Gasteiger partial charge in [0.25, 0.3) is 5.56 Å². The van der Waals surface area contributed by atoms with Gasteiger partial charge in [0.2, 0.25) is 0 Å². The average Bonchev–Trinajstić information content (AvgIpc) is 2.18. The van der Waals surface area contributed by atoms with Gasteiger partial charge >= 0.3 is 0 Å². The maximum atomic E-state index is 11.4. The van der Waals surface area contributed by atoms with E-state index < -0.39 is 0 Å². The van der Waals surface area contributed by atoms with Gasteiger partial charge in [-0.05, 0) is 11.6 Å². The number of hydrogen-bond donors (Lipinski definition) is 1. The molecule has 0 aromatic carbocycles. The molecule has 0 unspecified atom stereocenters. The molecule has 1 aromatic rings. The first-order chi connectivity index (χ1) is 7.09. The van der Waals surface area contributed by atoms with Crippen molar-refractivity contribution in [2.45, 2.75) is 26.4 Å². The molecule has 0 radical (unpaired) electrons. The van der Waals surface area contributed by atoms with Gasteiger partial charge in [0, 0.05) is 31.4 Å². The maximum Gasteiger partial charge on any atom is 0.250 e. The normalized spacial score (nSPS) is 10.6. The Morgan fingerprint density at radius 2 is 2.27 bits per heavy atom. The first-order valence-electron chi connectivity index (χ1n) is 5.15. The molecule has 1 N–H and O–H groups in total. The van der Waals surface area contributed by atoms with Crippen LogP contribution in [-0.2, 0) is 6.54 Å². The summed E-state index contributed by atoms with van der Waals surface area (Å²) in [5.41, 5.74) is 1.03. The summed E-state index contributed by atoms with van der Waals surface area (Å²) in [4.78, 5) is 11.4. The van der Waals surface area contributed by atoms with E-state index in [-0.39, 0.29) is 5.56 Å². The van der Waals surface area contributed by atoms with Gasteiger partial charge in [-0.1, -0.05) is 26.5 Å². The Morgan fingerprint density at radius 1 is 1.53 bits per heavy atom. The molecule has 0 amide bonds. The van der Waals surface area contributed by atoms with Crippen molar-refractivity contribution < 1.29 is 0 Å². The second-order valence-corrected chi connectivity index (χ2v) is 3.95. The molecule has 0 spiro atoms. The van der Waals surface area contributed by atoms with Crippen molar-refractivity contribution in [2.24, 2.45) is 0 Å². The van der Waals surface area contributed by atoms with Crippen LogP contribution in [0.4, 0.5) is 0 Å². The van der Waals surface area contributed by atoms with Crippen LogP contribution >= 0.6 is 0 Å². The minimum Gasteiger partial charge on any atom is -0.311 e. The fourth-order valence-electron chi connectivity index (χ4n) is 1.24. The van der Waals surface area contributed by atoms with Crippen molar-refractivity contribution in [1.82, 2.24) is 9.88 Å². The molecule has 3 nitrogen and oxygen atoms in total. The van der Waals surface area contributed by atoms with Crippen LogP contribution in [0.1, 0.15) is 13.8 Å². The summed E-state index contributed by atoms with van der Waals surface area (Å²) in [7, 11) is 0. The van der Waals surface area contributed by atoms with Crippen LogP contribution in [0.5, 0.6) is 0 Å². The summed E-state index contributed by atoms with van der Waals surface area (Å²) in [6, 6.07) is 5.59. The van der Waals surface area contributed by atoms with Crippen LogP contribution < -0.4 is 10.9 Å². The third-order valence-corrected chi connectivity index (χ3v) is 2.05. The smallest absolute Gasteiger partial charge is 0.250 e. The van der Waals surface area contributed by atoms with Gasteiger partial charge in [0.05, 0.1) is 0 Å². The SMILES string of the molecule is C=C(CNC(C)C)Cn1ccccc1=O. The molecule has 0 bridgehead atoms. The zero-order valence-corrected chi connectivity index (χ0v) is 9.36. The lowest BCUT2D eigenvalue weighted by Crippen LogP contribution is -2.27. The number of pyridine rings is 1. The lowest BCUT2D eigenvalue weighted by atomic mass is 10.2. The van der Waals surface area contributed by atoms with Crippen molar-refractivity contribution in [1.29, 1.82) is 0 Å². The van der Waals surface area contributed by atoms with E-state index in [0.29, 0.717) is 12.6 Å². The van der Waals surface area contributed by atoms with E-state index in [0.717, 1.165) is 12.1 Å². The molecule has 15 heavy (non-hydrogen) atoms. The fourth-order valence-corrected chi connectivity index (χ4v) is 1.24. The highest BCUT2D eigenvalue weighted by Crippen LogP contribution is 1.93. The molecule has 3 heteroatoms. The zero-order valence-electron chi connectivity index (χ0n) is 9.36. The van der Waals surface area contributed by atoms with Gasteiger partial charge in [-0.3, -0.25) is 4.79 Å². The first-order valence-corrected chi connectivity index (χ1v) is 5.15. The molecule has 82 valence electrons. The predicted molar refractivity (Wildman–Crippen MR) is 63.0 cm³/mol. The van der Waals surface area contributed by atoms with Gasteiger partial charge in [0.1, 0.15) is 0 Å². The Hall–Kier alpha value is -1.35. The molecule has 1 aromatic heterocycles. The molecular weight excluding hydrogens is 188 g/mol. The Labute approximate surface area is 90.4 Å². The second-order valence-electron chi connectivity index (χ2n) is 3.95. The summed E-state index contributed by atoms with van der Waals surface area (Å²) in [5, 5.41) is 3.27. The third-order valence-electron chi connectivity index (χ3n) is 2.05. The summed E-state index contributed by atoms with van der Waals surface area (Å²) < 4.78 is 1.66. The minimum absolute atomic E-state index is 0.0168. The molecule has 0 atom stereocenters. The largest absolute Gasteiger partial charge is 0.311 e. The Balaban J connectivity index is 2.52. The van der Waals surface area contributed by atoms with Crippen molar-refractivity contribution in [3.05, 3.63) is 46.9 Å². The van der Waals surface area contributed by atoms with Gasteiger partial charge in [-0.15, -0.1) is 0 Å². The highest BCUT2D eigenvalue weighted by Gasteiger charge is 1.99. The number of rotatable bonds is 5. The van der Waals surface area contributed by atoms with Crippen molar-refractivity contribution in [2.75, 3.05) is 6.54 Å². The molecule has 0 saturated carbocycles. The molecule has 0 aliphatic heterocycles. The van der Waals surface area contributed by atoms with E-state index in [4.69, 9.17) is 0 Å². The topological polar surface area (TPSA) is 34.0 Å². The van der Waals surface area contributed by atoms with Crippen molar-refractivity contribution in [3.63, 3.8) is 0 Å². The van der Waals surface area contributed by atoms with E-state index >= 15 is 0 Å². The molecule has 1 rings (SSSR count). The monoisotopic (exact) mass is 206 g/mol. The molecule has 0 saturated heterocycles. The lowest BCUT2D eigenvalue weighted by molar-refractivity contribution is 0.600. The predicted octanol–water partition coefficient (Wildman–Crippen LogP) is 1.40. The first kappa shape index (κ1) is 11.7. The van der Waals surface area contributed by atoms with E-state index in [1.165, 1.54) is 0 Å². The van der Waals surface area contributed by atoms with E-state index in [1.54, 1.807) is 22.9 Å². The molecule has 0 aliphatic rings. The van der Waals surface area contributed by atoms with Crippen molar-refractivity contribution in [3.8, 4) is 0 Å². The van der Waals surface area contributed by atoms with Crippen LogP contribution in [0.2, 0.25) is 0 Å². The van der Waals surface area contributed by atoms with Crippen LogP contribution in [-0.4, -0.2) is 17.2 Å². The summed E-state index contributed by atoms with van der Waals surface area (Å²) >= 11 is 0. The number of hydrogen-bond acceptors (Lipinski definition) is 2. The fraction of sp³-hybridized carbons (Fsp3) is 0.417. The van der Waals surface area contributed by atoms with Crippen molar-refractivity contribution >= 4 is 0 Å². The van der Waals surface area contributed by atoms with E-state index in [1.807, 2.05) is 6.07 Å². The Morgan fingerprint density at radius 3 is 2.87 bits per heavy atom. The molecule has 0 fully saturated rings.